The summed E-state index contributed by atoms with van der Waals surface area (Å²) in [5.74, 6) is -11.0. The maximum Gasteiger partial charge on any atom is 0.419 e. The van der Waals surface area contributed by atoms with Crippen LogP contribution in [-0.4, -0.2) is 254 Å². The first-order chi connectivity index (χ1) is 49.7. The Hall–Kier alpha value is -10.7. The number of aliphatic carboxylic acids is 6. The van der Waals surface area contributed by atoms with Crippen molar-refractivity contribution in [3.63, 3.8) is 0 Å². The van der Waals surface area contributed by atoms with Gasteiger partial charge in [0.25, 0.3) is 5.91 Å². The number of hydrogen-bond donors (Lipinski definition) is 14. The molecule has 564 valence electrons. The molecule has 5 atom stereocenters. The number of carboxylic acids is 6. The second-order valence-corrected chi connectivity index (χ2v) is 25.6. The van der Waals surface area contributed by atoms with Crippen molar-refractivity contribution in [2.24, 2.45) is 11.8 Å². The molecular formula is C70H93N13O21. The number of amides is 9. The van der Waals surface area contributed by atoms with Crippen molar-refractivity contribution >= 4 is 99.8 Å². The van der Waals surface area contributed by atoms with Crippen LogP contribution in [0.4, 0.5) is 15.3 Å². The highest BCUT2D eigenvalue weighted by Crippen LogP contribution is 2.29. The van der Waals surface area contributed by atoms with E-state index in [1.54, 1.807) is 9.80 Å². The Morgan fingerprint density at radius 3 is 1.88 bits per heavy atom. The molecule has 34 nitrogen and oxygen atoms in total. The minimum absolute atomic E-state index is 0.0000357. The quantitative estimate of drug-likeness (QED) is 0.0281. The van der Waals surface area contributed by atoms with E-state index in [4.69, 9.17) is 14.9 Å². The topological polar surface area (TPSA) is 492 Å². The first kappa shape index (κ1) is 82.2. The summed E-state index contributed by atoms with van der Waals surface area (Å²) >= 11 is 0. The van der Waals surface area contributed by atoms with E-state index in [-0.39, 0.29) is 139 Å². The molecule has 34 heteroatoms. The van der Waals surface area contributed by atoms with Gasteiger partial charge in [-0.05, 0) is 130 Å². The number of imide groups is 1. The van der Waals surface area contributed by atoms with E-state index >= 15 is 0 Å². The zero-order chi connectivity index (χ0) is 75.7. The number of carbonyl (C=O) groups is 14. The third-order valence-corrected chi connectivity index (χ3v) is 17.7. The average molecular weight is 1450 g/mol. The van der Waals surface area contributed by atoms with Gasteiger partial charge in [-0.1, -0.05) is 54.6 Å². The molecule has 104 heavy (non-hydrogen) atoms. The Kier molecular flexibility index (Phi) is 33.7. The number of rotatable bonds is 44. The van der Waals surface area contributed by atoms with Crippen LogP contribution in [0.15, 0.2) is 91.3 Å². The lowest BCUT2D eigenvalue weighted by Crippen LogP contribution is -2.56. The Labute approximate surface area is 599 Å². The number of urea groups is 1. The number of likely N-dealkylation sites (tertiary alicyclic amines) is 1. The number of fused-ring (bicyclic) bond motifs is 1. The molecule has 9 amide bonds. The van der Waals surface area contributed by atoms with Crippen LogP contribution < -0.4 is 42.5 Å². The van der Waals surface area contributed by atoms with Gasteiger partial charge in [0.15, 0.2) is 0 Å². The molecular weight excluding hydrogens is 1360 g/mol. The largest absolute Gasteiger partial charge is 0.481 e. The summed E-state index contributed by atoms with van der Waals surface area (Å²) in [7, 11) is 0. The van der Waals surface area contributed by atoms with Crippen LogP contribution in [0, 0.1) is 11.8 Å². The second kappa shape index (κ2) is 42.6. The van der Waals surface area contributed by atoms with Gasteiger partial charge >= 0.3 is 47.9 Å². The fourth-order valence-corrected chi connectivity index (χ4v) is 12.1. The number of anilines is 1. The van der Waals surface area contributed by atoms with Crippen LogP contribution in [-0.2, 0) is 70.5 Å². The molecule has 0 radical (unpaired) electrons. The predicted molar refractivity (Wildman–Crippen MR) is 372 cm³/mol. The predicted octanol–water partition coefficient (Wildman–Crippen LogP) is 1.77. The third kappa shape index (κ3) is 28.3. The molecule has 2 fully saturated rings. The van der Waals surface area contributed by atoms with Crippen molar-refractivity contribution in [3.05, 3.63) is 108 Å². The van der Waals surface area contributed by atoms with Crippen LogP contribution in [0.25, 0.3) is 10.8 Å². The molecule has 14 N–H and O–H groups in total. The standard InChI is InChI=1S/C70H93N13O21/c1-44(76-62(93)50-24-27-71-28-25-50)66(97)82-31-7-12-55(82)65(96)77-52-22-17-46(18-23-52)43-104-70(103)83(56(68(100)101)11-6-13-58(85)86)69(102)79-53(67(98)99)10-4-5-26-74-64(95)54(37-47-16-19-48-8-2-3-9-51(48)36-47)78-63(94)49-20-14-45(15-21-49)38-75-57(84)41-80(32-29-72-39-59(87)88)34-35-81(42-61(91)92)33-30-73-40-60(89)90/h2-3,8-9,16-19,22-25,27-28,36,44-45,49,53-56,72-73H,4-7,10-15,20-21,26,29-35,37-43H2,1H3,(H,74,95)(H,75,84)(H,76,93)(H,77,96)(H,78,94)(H,79,102)(H,85,86)(H,87,88)(H,89,90)(H,91,92)(H,98,99)(H,100,101)/t44-,45?,49?,53+,54+,55+,56+/m1/s1. The molecule has 0 spiro atoms. The number of nitrogens with one attached hydrogen (secondary N) is 8. The van der Waals surface area contributed by atoms with E-state index in [0.29, 0.717) is 56.2 Å². The van der Waals surface area contributed by atoms with Gasteiger partial charge in [-0.25, -0.2) is 24.1 Å². The summed E-state index contributed by atoms with van der Waals surface area (Å²) in [4.78, 5) is 188. The maximum atomic E-state index is 14.1. The van der Waals surface area contributed by atoms with Gasteiger partial charge in [0.1, 0.15) is 36.8 Å². The molecule has 3 aromatic carbocycles. The Morgan fingerprint density at radius 2 is 1.25 bits per heavy atom. The molecule has 1 saturated heterocycles. The molecule has 1 aliphatic carbocycles. The number of aromatic nitrogens is 1. The summed E-state index contributed by atoms with van der Waals surface area (Å²) in [6.07, 6.45) is 2.79. The van der Waals surface area contributed by atoms with E-state index in [1.165, 1.54) is 60.6 Å². The normalized spacial score (nSPS) is 16.0. The summed E-state index contributed by atoms with van der Waals surface area (Å²) < 4.78 is 5.40. The molecule has 6 rings (SSSR count). The highest BCUT2D eigenvalue weighted by atomic mass is 16.6. The zero-order valence-corrected chi connectivity index (χ0v) is 57.8. The van der Waals surface area contributed by atoms with Crippen molar-refractivity contribution < 1.29 is 102 Å². The van der Waals surface area contributed by atoms with Crippen LogP contribution in [0.5, 0.6) is 0 Å². The second-order valence-electron chi connectivity index (χ2n) is 25.6. The highest BCUT2D eigenvalue weighted by molar-refractivity contribution is 6.01. The Balaban J connectivity index is 1.01. The van der Waals surface area contributed by atoms with Crippen LogP contribution >= 0.6 is 0 Å². The average Bonchev–Trinajstić information content (AvgIpc) is 1.47. The van der Waals surface area contributed by atoms with Crippen molar-refractivity contribution in [2.45, 2.75) is 127 Å². The van der Waals surface area contributed by atoms with Gasteiger partial charge in [0.2, 0.25) is 29.5 Å². The fraction of sp³-hybridized carbons (Fsp3) is 0.500. The number of carbonyl (C=O) groups excluding carboxylic acids is 8. The summed E-state index contributed by atoms with van der Waals surface area (Å²) in [5.41, 5.74) is 1.62. The van der Waals surface area contributed by atoms with Crippen molar-refractivity contribution in [1.29, 1.82) is 0 Å². The molecule has 2 aliphatic rings. The number of ether oxygens (including phenoxy) is 1. The fourth-order valence-electron chi connectivity index (χ4n) is 12.1. The summed E-state index contributed by atoms with van der Waals surface area (Å²) in [5, 5.41) is 81.0. The summed E-state index contributed by atoms with van der Waals surface area (Å²) in [6.45, 7) is 1.75. The monoisotopic (exact) mass is 1450 g/mol. The minimum Gasteiger partial charge on any atom is -0.481 e. The summed E-state index contributed by atoms with van der Waals surface area (Å²) in [6, 6.07) is 13.9. The molecule has 4 aromatic rings. The van der Waals surface area contributed by atoms with E-state index in [2.05, 4.69) is 47.5 Å². The molecule has 0 unspecified atom stereocenters. The molecule has 1 aliphatic heterocycles. The third-order valence-electron chi connectivity index (χ3n) is 17.7. The molecule has 0 bridgehead atoms. The lowest BCUT2D eigenvalue weighted by atomic mass is 9.81. The molecule has 2 heterocycles. The van der Waals surface area contributed by atoms with E-state index in [1.807, 2.05) is 42.5 Å². The van der Waals surface area contributed by atoms with Gasteiger partial charge in [-0.3, -0.25) is 62.7 Å². The smallest absolute Gasteiger partial charge is 0.419 e. The lowest BCUT2D eigenvalue weighted by molar-refractivity contribution is -0.143. The number of benzene rings is 3. The van der Waals surface area contributed by atoms with Gasteiger partial charge < -0.3 is 82.8 Å². The maximum absolute atomic E-state index is 14.1. The zero-order valence-electron chi connectivity index (χ0n) is 57.8. The van der Waals surface area contributed by atoms with Gasteiger partial charge in [-0.2, -0.15) is 0 Å². The Bertz CT molecular complexity index is 3620. The first-order valence-electron chi connectivity index (χ1n) is 34.4. The molecule has 1 saturated carbocycles. The molecule has 1 aromatic heterocycles. The highest BCUT2D eigenvalue weighted by Gasteiger charge is 2.40. The number of pyridine rings is 1. The Morgan fingerprint density at radius 1 is 0.606 bits per heavy atom. The van der Waals surface area contributed by atoms with Crippen molar-refractivity contribution in [1.82, 2.24) is 61.8 Å². The number of carboxylic acid groups (broad SMARTS) is 6. The number of unbranched alkanes of at least 4 members (excludes halogenated alkanes) is 1. The van der Waals surface area contributed by atoms with E-state index < -0.39 is 127 Å². The van der Waals surface area contributed by atoms with Crippen LogP contribution in [0.3, 0.4) is 0 Å². The first-order valence-corrected chi connectivity index (χ1v) is 34.4. The van der Waals surface area contributed by atoms with Gasteiger partial charge in [0.05, 0.1) is 26.2 Å². The lowest BCUT2D eigenvalue weighted by Gasteiger charge is -2.30. The number of nitrogens with zero attached hydrogens (tertiary/aromatic N) is 5. The van der Waals surface area contributed by atoms with Crippen LogP contribution in [0.1, 0.15) is 105 Å². The van der Waals surface area contributed by atoms with Crippen molar-refractivity contribution in [2.75, 3.05) is 90.4 Å². The van der Waals surface area contributed by atoms with Gasteiger partial charge in [0, 0.05) is 101 Å². The SMILES string of the molecule is C[C@@H](NC(=O)c1ccncc1)C(=O)N1CCC[C@H]1C(=O)Nc1ccc(COC(=O)N(C(=O)N[C@@H](CCCCNC(=O)[C@H](Cc2ccc3ccccc3c2)NC(=O)C2CCC(CNC(=O)CN(CCNCC(=O)O)CCN(CCNCC(=O)O)CC(=O)O)CC2)C(=O)O)[C@@H](CCCC(=O)O)C(=O)O)cc1. The minimum atomic E-state index is -2.02. The van der Waals surface area contributed by atoms with Crippen LogP contribution in [0.2, 0.25) is 0 Å². The number of hydrogen-bond acceptors (Lipinski definition) is 20. The van der Waals surface area contributed by atoms with Gasteiger partial charge in [-0.15, -0.1) is 0 Å². The van der Waals surface area contributed by atoms with Crippen molar-refractivity contribution in [3.8, 4) is 0 Å². The van der Waals surface area contributed by atoms with E-state index in [0.717, 1.165) is 16.3 Å². The van der Waals surface area contributed by atoms with E-state index in [9.17, 15) is 87.5 Å².